The molecule has 0 radical (unpaired) electrons. The van der Waals surface area contributed by atoms with E-state index in [4.69, 9.17) is 4.74 Å². The Bertz CT molecular complexity index is 950. The van der Waals surface area contributed by atoms with Gasteiger partial charge in [-0.1, -0.05) is 56.3 Å². The molecule has 2 atom stereocenters. The fourth-order valence-electron chi connectivity index (χ4n) is 3.79. The summed E-state index contributed by atoms with van der Waals surface area (Å²) in [6, 6.07) is 18.1. The lowest BCUT2D eigenvalue weighted by Crippen LogP contribution is -2.44. The zero-order valence-corrected chi connectivity index (χ0v) is 16.3. The van der Waals surface area contributed by atoms with Crippen molar-refractivity contribution in [1.82, 2.24) is 14.8 Å². The van der Waals surface area contributed by atoms with E-state index in [1.165, 1.54) is 6.33 Å². The first kappa shape index (κ1) is 18.2. The predicted molar refractivity (Wildman–Crippen MR) is 107 cm³/mol. The molecule has 0 bridgehead atoms. The van der Waals surface area contributed by atoms with Crippen molar-refractivity contribution in [2.75, 3.05) is 12.0 Å². The summed E-state index contributed by atoms with van der Waals surface area (Å²) in [5.41, 5.74) is 2.22. The van der Waals surface area contributed by atoms with E-state index in [1.807, 2.05) is 53.8 Å². The van der Waals surface area contributed by atoms with E-state index >= 15 is 0 Å². The number of methoxy groups -OCH3 is 1. The number of aromatic nitrogens is 3. The highest BCUT2D eigenvalue weighted by molar-refractivity contribution is 5.94. The Labute approximate surface area is 164 Å². The number of fused-ring (bicyclic) bond motifs is 1. The number of rotatable bonds is 4. The smallest absolute Gasteiger partial charge is 0.232 e. The van der Waals surface area contributed by atoms with E-state index < -0.39 is 0 Å². The first-order valence-corrected chi connectivity index (χ1v) is 9.51. The maximum Gasteiger partial charge on any atom is 0.232 e. The summed E-state index contributed by atoms with van der Waals surface area (Å²) in [4.78, 5) is 19.4. The second kappa shape index (κ2) is 7.46. The average molecular weight is 376 g/mol. The molecular weight excluding hydrogens is 352 g/mol. The first-order valence-electron chi connectivity index (χ1n) is 9.51. The monoisotopic (exact) mass is 376 g/mol. The zero-order chi connectivity index (χ0) is 19.7. The quantitative estimate of drug-likeness (QED) is 0.690. The lowest BCUT2D eigenvalue weighted by molar-refractivity contribution is -0.122. The molecule has 1 amide bonds. The standard InChI is InChI=1S/C22H24N4O2/c1-15(2)21(27)25-19(16-7-5-4-6-8-16)13-20(26-22(25)23-14-24-26)17-9-11-18(28-3)12-10-17/h4-12,14-15,19-20H,13H2,1-3H3/t19-,20+/m0/s1. The minimum absolute atomic E-state index is 0.00942. The van der Waals surface area contributed by atoms with Crippen molar-refractivity contribution >= 4 is 11.9 Å². The van der Waals surface area contributed by atoms with Gasteiger partial charge < -0.3 is 4.74 Å². The molecule has 0 aliphatic carbocycles. The molecule has 1 aliphatic heterocycles. The lowest BCUT2D eigenvalue weighted by atomic mass is 9.91. The largest absolute Gasteiger partial charge is 0.497 e. The molecular formula is C22H24N4O2. The number of carbonyl (C=O) groups excluding carboxylic acids is 1. The third-order valence-corrected chi connectivity index (χ3v) is 5.24. The molecule has 0 fully saturated rings. The van der Waals surface area contributed by atoms with Gasteiger partial charge in [0.05, 0.1) is 19.2 Å². The molecule has 0 spiro atoms. The Kier molecular flexibility index (Phi) is 4.86. The molecule has 1 aliphatic rings. The summed E-state index contributed by atoms with van der Waals surface area (Å²) in [6.45, 7) is 3.83. The van der Waals surface area contributed by atoms with Crippen molar-refractivity contribution in [3.63, 3.8) is 0 Å². The molecule has 0 saturated carbocycles. The van der Waals surface area contributed by atoms with Crippen molar-refractivity contribution in [1.29, 1.82) is 0 Å². The minimum atomic E-state index is -0.131. The van der Waals surface area contributed by atoms with E-state index in [1.54, 1.807) is 7.11 Å². The normalized spacial score (nSPS) is 18.8. The summed E-state index contributed by atoms with van der Waals surface area (Å²) in [6.07, 6.45) is 2.25. The van der Waals surface area contributed by atoms with Crippen LogP contribution in [0.25, 0.3) is 0 Å². The summed E-state index contributed by atoms with van der Waals surface area (Å²) in [5.74, 6) is 1.33. The zero-order valence-electron chi connectivity index (χ0n) is 16.3. The number of nitrogens with zero attached hydrogens (tertiary/aromatic N) is 4. The SMILES string of the molecule is COc1ccc([C@H]2C[C@@H](c3ccccc3)N(C(=O)C(C)C)c3ncnn32)cc1. The van der Waals surface area contributed by atoms with Gasteiger partial charge in [-0.05, 0) is 29.7 Å². The Balaban J connectivity index is 1.82. The topological polar surface area (TPSA) is 60.2 Å². The molecule has 4 rings (SSSR count). The molecule has 3 aromatic rings. The molecule has 144 valence electrons. The minimum Gasteiger partial charge on any atom is -0.497 e. The van der Waals surface area contributed by atoms with E-state index in [-0.39, 0.29) is 23.9 Å². The van der Waals surface area contributed by atoms with Gasteiger partial charge in [-0.15, -0.1) is 0 Å². The van der Waals surface area contributed by atoms with Gasteiger partial charge in [-0.2, -0.15) is 10.1 Å². The molecule has 2 aromatic carbocycles. The second-order valence-corrected chi connectivity index (χ2v) is 7.32. The Morgan fingerprint density at radius 3 is 2.36 bits per heavy atom. The van der Waals surface area contributed by atoms with Crippen LogP contribution in [0.4, 0.5) is 5.95 Å². The van der Waals surface area contributed by atoms with Crippen molar-refractivity contribution in [3.8, 4) is 5.75 Å². The number of anilines is 1. The van der Waals surface area contributed by atoms with Crippen LogP contribution < -0.4 is 9.64 Å². The summed E-state index contributed by atoms with van der Waals surface area (Å²) >= 11 is 0. The van der Waals surface area contributed by atoms with Gasteiger partial charge in [0.25, 0.3) is 0 Å². The lowest BCUT2D eigenvalue weighted by Gasteiger charge is -2.39. The highest BCUT2D eigenvalue weighted by Gasteiger charge is 2.39. The fourth-order valence-corrected chi connectivity index (χ4v) is 3.79. The summed E-state index contributed by atoms with van der Waals surface area (Å²) in [7, 11) is 1.66. The summed E-state index contributed by atoms with van der Waals surface area (Å²) in [5, 5.41) is 4.46. The third-order valence-electron chi connectivity index (χ3n) is 5.24. The van der Waals surface area contributed by atoms with Gasteiger partial charge in [0.2, 0.25) is 11.9 Å². The van der Waals surface area contributed by atoms with Crippen LogP contribution in [0.1, 0.15) is 43.5 Å². The van der Waals surface area contributed by atoms with Crippen LogP contribution in [0.2, 0.25) is 0 Å². The van der Waals surface area contributed by atoms with Crippen molar-refractivity contribution in [2.24, 2.45) is 5.92 Å². The van der Waals surface area contributed by atoms with Crippen molar-refractivity contribution < 1.29 is 9.53 Å². The average Bonchev–Trinajstić information content (AvgIpc) is 3.22. The van der Waals surface area contributed by atoms with Crippen molar-refractivity contribution in [2.45, 2.75) is 32.4 Å². The number of benzene rings is 2. The molecule has 6 heteroatoms. The highest BCUT2D eigenvalue weighted by atomic mass is 16.5. The van der Waals surface area contributed by atoms with Crippen LogP contribution in [-0.4, -0.2) is 27.8 Å². The number of ether oxygens (including phenoxy) is 1. The van der Waals surface area contributed by atoms with E-state index in [9.17, 15) is 4.79 Å². The maximum atomic E-state index is 13.1. The molecule has 1 aromatic heterocycles. The van der Waals surface area contributed by atoms with Crippen LogP contribution >= 0.6 is 0 Å². The van der Waals surface area contributed by atoms with Crippen LogP contribution in [-0.2, 0) is 4.79 Å². The fraction of sp³-hybridized carbons (Fsp3) is 0.318. The van der Waals surface area contributed by atoms with E-state index in [2.05, 4.69) is 34.3 Å². The molecule has 0 saturated heterocycles. The highest BCUT2D eigenvalue weighted by Crippen LogP contribution is 2.42. The number of hydrogen-bond donors (Lipinski definition) is 0. The number of amides is 1. The molecule has 0 unspecified atom stereocenters. The third kappa shape index (κ3) is 3.15. The molecule has 6 nitrogen and oxygen atoms in total. The Morgan fingerprint density at radius 1 is 1.04 bits per heavy atom. The van der Waals surface area contributed by atoms with E-state index in [0.717, 1.165) is 23.3 Å². The van der Waals surface area contributed by atoms with Crippen LogP contribution in [0.5, 0.6) is 5.75 Å². The molecule has 28 heavy (non-hydrogen) atoms. The first-order chi connectivity index (χ1) is 13.6. The van der Waals surface area contributed by atoms with Crippen LogP contribution in [0, 0.1) is 5.92 Å². The van der Waals surface area contributed by atoms with Gasteiger partial charge in [0, 0.05) is 5.92 Å². The van der Waals surface area contributed by atoms with Gasteiger partial charge >= 0.3 is 0 Å². The summed E-state index contributed by atoms with van der Waals surface area (Å²) < 4.78 is 7.15. The molecule has 0 N–H and O–H groups in total. The Hall–Kier alpha value is -3.15. The van der Waals surface area contributed by atoms with Crippen LogP contribution in [0.3, 0.4) is 0 Å². The predicted octanol–water partition coefficient (Wildman–Crippen LogP) is 4.01. The number of carbonyl (C=O) groups is 1. The Morgan fingerprint density at radius 2 is 1.71 bits per heavy atom. The number of hydrogen-bond acceptors (Lipinski definition) is 4. The van der Waals surface area contributed by atoms with E-state index in [0.29, 0.717) is 5.95 Å². The second-order valence-electron chi connectivity index (χ2n) is 7.32. The van der Waals surface area contributed by atoms with Gasteiger partial charge in [-0.3, -0.25) is 9.69 Å². The van der Waals surface area contributed by atoms with Gasteiger partial charge in [0.15, 0.2) is 0 Å². The van der Waals surface area contributed by atoms with Gasteiger partial charge in [-0.25, -0.2) is 4.68 Å². The van der Waals surface area contributed by atoms with Gasteiger partial charge in [0.1, 0.15) is 12.1 Å². The maximum absolute atomic E-state index is 13.1. The van der Waals surface area contributed by atoms with Crippen LogP contribution in [0.15, 0.2) is 60.9 Å². The molecule has 2 heterocycles. The van der Waals surface area contributed by atoms with Crippen molar-refractivity contribution in [3.05, 3.63) is 72.1 Å².